The quantitative estimate of drug-likeness (QED) is 0.0298. The van der Waals surface area contributed by atoms with Crippen molar-refractivity contribution in [2.24, 2.45) is 46.4 Å². The van der Waals surface area contributed by atoms with E-state index >= 15 is 0 Å². The molecule has 13 atom stereocenters. The van der Waals surface area contributed by atoms with E-state index in [9.17, 15) is 63.0 Å². The molecular weight excluding hydrogens is 1060 g/mol. The minimum absolute atomic E-state index is 0.000613. The van der Waals surface area contributed by atoms with Gasteiger partial charge in [-0.05, 0) is 116 Å². The summed E-state index contributed by atoms with van der Waals surface area (Å²) in [5, 5.41) is 49.5. The molecule has 29 heteroatoms. The van der Waals surface area contributed by atoms with Gasteiger partial charge in [0.1, 0.15) is 60.4 Å². The number of rotatable bonds is 30. The third kappa shape index (κ3) is 26.6. The fourth-order valence-corrected chi connectivity index (χ4v) is 8.57. The topological polar surface area (TPSA) is 491 Å². The van der Waals surface area contributed by atoms with E-state index in [2.05, 4.69) is 72.3 Å². The maximum Gasteiger partial charge on any atom is 0.245 e. The molecule has 1 unspecified atom stereocenters. The number of amides is 11. The van der Waals surface area contributed by atoms with Crippen LogP contribution in [0.15, 0.2) is 0 Å². The molecule has 1 heterocycles. The van der Waals surface area contributed by atoms with E-state index in [0.29, 0.717) is 12.3 Å². The summed E-state index contributed by atoms with van der Waals surface area (Å²) in [6, 6.07) is -14.4. The monoisotopic (exact) mass is 1150 g/mol. The molecule has 11 amide bonds. The standard InChI is InChI=1S/C52H98N16O13/c1-9-29(6)12-10-11-13-39(71)59-33(15-21-54)46(75)67-41(30(7)69)51(80)62-32(14-20-53)43(72)58-25-19-37-45(74)65-38(26-27(2)3)49(78)61-35(17-23-56)47(76)66-40(28(4)5)50(79)63-34(16-22-55)44(73)60-36(18-24-57)48(77)68-42(31(8)70)52(81)64-37/h27-38,40-42,69-70H,9-26,53-57H2,1-8H3,(H,58,72)(H,59,71)(H,60,73)(H,61,78)(H,62,80)(H,63,79)(H,64,81)(H,65,74)(H,66,76)(H,67,75)(H,68,77)/t29?,30-,31-,32+,33+,34+,35+,36+,37+,38-,40+,41+,42+/m1/s1. The van der Waals surface area contributed by atoms with Gasteiger partial charge >= 0.3 is 0 Å². The summed E-state index contributed by atoms with van der Waals surface area (Å²) in [7, 11) is 0. The number of carbonyl (C=O) groups excluding carboxylic acids is 11. The van der Waals surface area contributed by atoms with Crippen LogP contribution in [0.5, 0.6) is 0 Å². The van der Waals surface area contributed by atoms with Gasteiger partial charge in [0, 0.05) is 13.0 Å². The molecule has 1 aliphatic heterocycles. The van der Waals surface area contributed by atoms with Crippen molar-refractivity contribution in [3.8, 4) is 0 Å². The highest BCUT2D eigenvalue weighted by Gasteiger charge is 2.38. The second-order valence-electron chi connectivity index (χ2n) is 21.5. The van der Waals surface area contributed by atoms with Gasteiger partial charge in [0.15, 0.2) is 0 Å². The van der Waals surface area contributed by atoms with Crippen LogP contribution in [0, 0.1) is 17.8 Å². The number of hydrogen-bond donors (Lipinski definition) is 18. The zero-order valence-electron chi connectivity index (χ0n) is 48.7. The lowest BCUT2D eigenvalue weighted by Gasteiger charge is -2.29. The summed E-state index contributed by atoms with van der Waals surface area (Å²) in [4.78, 5) is 152. The van der Waals surface area contributed by atoms with Crippen molar-refractivity contribution in [1.82, 2.24) is 58.5 Å². The van der Waals surface area contributed by atoms with Gasteiger partial charge in [-0.2, -0.15) is 0 Å². The molecule has 0 radical (unpaired) electrons. The van der Waals surface area contributed by atoms with Crippen LogP contribution in [0.25, 0.3) is 0 Å². The highest BCUT2D eigenvalue weighted by atomic mass is 16.3. The summed E-state index contributed by atoms with van der Waals surface area (Å²) in [5.41, 5.74) is 29.1. The number of aliphatic hydroxyl groups excluding tert-OH is 2. The third-order valence-corrected chi connectivity index (χ3v) is 13.6. The van der Waals surface area contributed by atoms with Gasteiger partial charge in [0.2, 0.25) is 65.0 Å². The van der Waals surface area contributed by atoms with Gasteiger partial charge in [-0.1, -0.05) is 60.8 Å². The number of aliphatic hydroxyl groups is 2. The number of nitrogens with two attached hydrogens (primary N) is 5. The number of hydrogen-bond acceptors (Lipinski definition) is 18. The average molecular weight is 1160 g/mol. The molecule has 1 saturated heterocycles. The van der Waals surface area contributed by atoms with Crippen LogP contribution in [0.2, 0.25) is 0 Å². The lowest BCUT2D eigenvalue weighted by molar-refractivity contribution is -0.137. The zero-order chi connectivity index (χ0) is 61.5. The molecular formula is C52H98N16O13. The van der Waals surface area contributed by atoms with E-state index in [1.807, 2.05) is 0 Å². The Balaban J connectivity index is 3.69. The van der Waals surface area contributed by atoms with Crippen molar-refractivity contribution in [3.63, 3.8) is 0 Å². The molecule has 23 N–H and O–H groups in total. The van der Waals surface area contributed by atoms with Crippen LogP contribution in [0.1, 0.15) is 132 Å². The van der Waals surface area contributed by atoms with Crippen molar-refractivity contribution in [3.05, 3.63) is 0 Å². The molecule has 0 aromatic rings. The molecule has 29 nitrogen and oxygen atoms in total. The van der Waals surface area contributed by atoms with Gasteiger partial charge in [-0.15, -0.1) is 0 Å². The minimum Gasteiger partial charge on any atom is -0.391 e. The van der Waals surface area contributed by atoms with E-state index in [4.69, 9.17) is 28.7 Å². The predicted molar refractivity (Wildman–Crippen MR) is 301 cm³/mol. The Morgan fingerprint density at radius 3 is 1.37 bits per heavy atom. The van der Waals surface area contributed by atoms with Gasteiger partial charge < -0.3 is 97.4 Å². The normalized spacial score (nSPS) is 23.3. The maximum absolute atomic E-state index is 14.4. The van der Waals surface area contributed by atoms with Crippen molar-refractivity contribution in [2.75, 3.05) is 39.3 Å². The van der Waals surface area contributed by atoms with Crippen molar-refractivity contribution < 1.29 is 63.0 Å². The molecule has 1 aliphatic rings. The largest absolute Gasteiger partial charge is 0.391 e. The molecule has 0 aromatic carbocycles. The Hall–Kier alpha value is -6.11. The summed E-state index contributed by atoms with van der Waals surface area (Å²) in [6.45, 7) is 12.4. The predicted octanol–water partition coefficient (Wildman–Crippen LogP) is -5.83. The Kier molecular flexibility index (Phi) is 34.7. The van der Waals surface area contributed by atoms with Crippen LogP contribution in [-0.4, -0.2) is 187 Å². The molecule has 0 saturated carbocycles. The minimum atomic E-state index is -1.80. The van der Waals surface area contributed by atoms with E-state index in [1.165, 1.54) is 13.8 Å². The Morgan fingerprint density at radius 1 is 0.494 bits per heavy atom. The molecule has 1 fully saturated rings. The van der Waals surface area contributed by atoms with Gasteiger partial charge in [-0.3, -0.25) is 52.7 Å². The smallest absolute Gasteiger partial charge is 0.245 e. The van der Waals surface area contributed by atoms with Gasteiger partial charge in [-0.25, -0.2) is 0 Å². The molecule has 0 aliphatic carbocycles. The van der Waals surface area contributed by atoms with Crippen LogP contribution in [-0.2, 0) is 52.7 Å². The Bertz CT molecular complexity index is 2050. The molecule has 0 spiro atoms. The fraction of sp³-hybridized carbons (Fsp3) is 0.788. The first-order chi connectivity index (χ1) is 38.2. The van der Waals surface area contributed by atoms with Crippen LogP contribution in [0.3, 0.4) is 0 Å². The first-order valence-electron chi connectivity index (χ1n) is 28.4. The number of nitrogens with one attached hydrogen (secondary N) is 11. The Labute approximate surface area is 475 Å². The molecule has 0 bridgehead atoms. The molecule has 1 rings (SSSR count). The van der Waals surface area contributed by atoms with Crippen molar-refractivity contribution >= 4 is 65.0 Å². The van der Waals surface area contributed by atoms with Crippen LogP contribution in [0.4, 0.5) is 0 Å². The van der Waals surface area contributed by atoms with Crippen LogP contribution >= 0.6 is 0 Å². The summed E-state index contributed by atoms with van der Waals surface area (Å²) in [5.74, 6) is -9.86. The zero-order valence-corrected chi connectivity index (χ0v) is 48.7. The molecule has 464 valence electrons. The highest BCUT2D eigenvalue weighted by molar-refractivity contribution is 5.99. The lowest BCUT2D eigenvalue weighted by atomic mass is 10.00. The van der Waals surface area contributed by atoms with Crippen molar-refractivity contribution in [1.29, 1.82) is 0 Å². The maximum atomic E-state index is 14.4. The summed E-state index contributed by atoms with van der Waals surface area (Å²) < 4.78 is 0. The van der Waals surface area contributed by atoms with E-state index < -0.39 is 156 Å². The van der Waals surface area contributed by atoms with E-state index in [1.54, 1.807) is 27.7 Å². The second-order valence-corrected chi connectivity index (χ2v) is 21.5. The van der Waals surface area contributed by atoms with Gasteiger partial charge in [0.05, 0.1) is 12.2 Å². The van der Waals surface area contributed by atoms with Crippen LogP contribution < -0.4 is 87.2 Å². The lowest BCUT2D eigenvalue weighted by Crippen LogP contribution is -2.62. The van der Waals surface area contributed by atoms with Gasteiger partial charge in [0.25, 0.3) is 0 Å². The van der Waals surface area contributed by atoms with Crippen molar-refractivity contribution in [2.45, 2.75) is 205 Å². The SMILES string of the molecule is CCC(C)CCCCC(=O)N[C@@H](CCN)C(=O)N[C@H](C(=O)N[C@@H](CCN)C(=O)NCC[C@@H]1NC(=O)[C@H]([C@@H](C)O)NC(=O)[C@H](CCN)NC(=O)[C@H](CCN)NC(=O)[C@H](C(C)C)NC(=O)[C@H](CCN)NC(=O)[C@@H](CC(C)C)NC1=O)[C@@H](C)O. The summed E-state index contributed by atoms with van der Waals surface area (Å²) in [6.07, 6.45) is -0.695. The Morgan fingerprint density at radius 2 is 0.926 bits per heavy atom. The first-order valence-corrected chi connectivity index (χ1v) is 28.4. The summed E-state index contributed by atoms with van der Waals surface area (Å²) >= 11 is 0. The van der Waals surface area contributed by atoms with E-state index in [-0.39, 0.29) is 83.6 Å². The average Bonchev–Trinajstić information content (AvgIpc) is 3.39. The second kappa shape index (κ2) is 38.6. The van der Waals surface area contributed by atoms with E-state index in [0.717, 1.165) is 19.3 Å². The molecule has 81 heavy (non-hydrogen) atoms. The third-order valence-electron chi connectivity index (χ3n) is 13.6. The number of unbranched alkanes of at least 4 members (excludes halogenated alkanes) is 1. The highest BCUT2D eigenvalue weighted by Crippen LogP contribution is 2.14. The number of carbonyl (C=O) groups is 11. The first kappa shape index (κ1) is 72.9. The molecule has 0 aromatic heterocycles. The fourth-order valence-electron chi connectivity index (χ4n) is 8.57.